The molecule has 0 aliphatic rings. The molecule has 0 saturated carbocycles. The summed E-state index contributed by atoms with van der Waals surface area (Å²) < 4.78 is 0. The van der Waals surface area contributed by atoms with Gasteiger partial charge >= 0.3 is 0 Å². The van der Waals surface area contributed by atoms with E-state index in [9.17, 15) is 24.3 Å². The predicted molar refractivity (Wildman–Crippen MR) is 490 cm³/mol. The van der Waals surface area contributed by atoms with Gasteiger partial charge in [-0.05, 0) is 165 Å². The molecule has 10 aromatic carbocycles. The molecule has 5 heterocycles. The maximum Gasteiger partial charge on any atom is 0.161 e. The van der Waals surface area contributed by atoms with Gasteiger partial charge in [-0.1, -0.05) is 188 Å². The summed E-state index contributed by atoms with van der Waals surface area (Å²) in [7, 11) is 0. The Kier molecular flexibility index (Phi) is 49.6. The Balaban J connectivity index is 0.000000480. The van der Waals surface area contributed by atoms with Gasteiger partial charge in [0.25, 0.3) is 0 Å². The SMILES string of the molecule is CC(=O)C=C(C)O.CC(=O)C=C(C)O.CC(=O)C=C(C)O.CC(C)C(=O)C=C(O)C(C)C.Cc1[c-]c(-c2ccc3ccc(C)cc3n2)cc(C)c1.Cc1[c-]c(-c2ccc3ccccc3n2)cc(C)c1.Cc1cc2ccccc2nc1-c1[c-]cccc1.Cc1ccc2ccc(-c3[c-]cccc3)nc2c1.[Ir].[Ir].[Ir].[Ir].[Ir].[c-]1ccccc1-c1nccc2ccccc12. The third-order valence-corrected chi connectivity index (χ3v) is 17.3. The van der Waals surface area contributed by atoms with Crippen LogP contribution in [0.2, 0.25) is 0 Å². The first-order valence-corrected chi connectivity index (χ1v) is 39.1. The zero-order chi connectivity index (χ0) is 86.7. The largest absolute Gasteiger partial charge is 0.512 e. The van der Waals surface area contributed by atoms with Crippen LogP contribution >= 0.6 is 0 Å². The number of ketones is 4. The molecule has 0 unspecified atom stereocenters. The maximum atomic E-state index is 11.0. The number of pyridine rings is 5. The number of aliphatic hydroxyl groups excluding tert-OH is 4. The second kappa shape index (κ2) is 56.3. The fraction of sp³-hybridized carbons (Fsp3) is 0.179. The second-order valence-corrected chi connectivity index (χ2v) is 29.2. The average Bonchev–Trinajstić information content (AvgIpc) is 0.830. The van der Waals surface area contributed by atoms with Crippen LogP contribution in [-0.2, 0) is 120 Å². The van der Waals surface area contributed by atoms with Gasteiger partial charge in [0.1, 0.15) is 0 Å². The van der Waals surface area contributed by atoms with Gasteiger partial charge in [-0.15, -0.1) is 177 Å². The third-order valence-electron chi connectivity index (χ3n) is 17.3. The van der Waals surface area contributed by atoms with Gasteiger partial charge in [-0.3, -0.25) is 39.1 Å². The maximum absolute atomic E-state index is 11.0. The van der Waals surface area contributed by atoms with Crippen molar-refractivity contribution in [2.45, 2.75) is 118 Å². The molecule has 0 aliphatic heterocycles. The molecule has 651 valence electrons. The molecule has 0 spiro atoms. The summed E-state index contributed by atoms with van der Waals surface area (Å²) in [6.45, 7) is 30.5. The van der Waals surface area contributed by atoms with Crippen LogP contribution in [0.3, 0.4) is 0 Å². The quantitative estimate of drug-likeness (QED) is 0.0540. The molecular weight excluding hydrogens is 2430 g/mol. The van der Waals surface area contributed by atoms with Crippen LogP contribution in [0.5, 0.6) is 0 Å². The Morgan fingerprint density at radius 3 is 1.08 bits per heavy atom. The van der Waals surface area contributed by atoms with Crippen molar-refractivity contribution in [2.24, 2.45) is 11.8 Å². The summed E-state index contributed by atoms with van der Waals surface area (Å²) in [4.78, 5) is 64.4. The number of aryl methyl sites for hydroxylation is 7. The number of aromatic nitrogens is 5. The van der Waals surface area contributed by atoms with Crippen molar-refractivity contribution in [3.8, 4) is 56.3 Å². The van der Waals surface area contributed by atoms with Crippen molar-refractivity contribution < 1.29 is 140 Å². The topological polar surface area (TPSA) is 214 Å². The smallest absolute Gasteiger partial charge is 0.161 e. The first-order chi connectivity index (χ1) is 56.8. The minimum absolute atomic E-state index is 0. The molecule has 0 saturated heterocycles. The summed E-state index contributed by atoms with van der Waals surface area (Å²) in [5.41, 5.74) is 22.8. The molecule has 0 fully saturated rings. The third kappa shape index (κ3) is 37.8. The van der Waals surface area contributed by atoms with Gasteiger partial charge in [-0.2, -0.15) is 0 Å². The molecule has 0 amide bonds. The Bertz CT molecular complexity index is 5950. The normalized spacial score (nSPS) is 10.6. The molecule has 124 heavy (non-hydrogen) atoms. The summed E-state index contributed by atoms with van der Waals surface area (Å²) in [5.74, 6) is -0.0269. The van der Waals surface area contributed by atoms with Crippen molar-refractivity contribution in [3.63, 3.8) is 0 Å². The molecule has 15 aromatic rings. The number of hydrogen-bond donors (Lipinski definition) is 4. The summed E-state index contributed by atoms with van der Waals surface area (Å²) in [6, 6.07) is 103. The zero-order valence-electron chi connectivity index (χ0n) is 72.6. The Morgan fingerprint density at radius 2 is 0.685 bits per heavy atom. The van der Waals surface area contributed by atoms with E-state index in [0.717, 1.165) is 89.5 Å². The van der Waals surface area contributed by atoms with Crippen molar-refractivity contribution >= 4 is 77.5 Å². The van der Waals surface area contributed by atoms with E-state index < -0.39 is 0 Å². The van der Waals surface area contributed by atoms with E-state index in [1.54, 1.807) is 0 Å². The monoisotopic (exact) mass is 2540 g/mol. The molecule has 18 heteroatoms. The number of fused-ring (bicyclic) bond motifs is 5. The number of carbonyl (C=O) groups is 4. The van der Waals surface area contributed by atoms with E-state index >= 15 is 0 Å². The Hall–Kier alpha value is -10.7. The number of rotatable bonds is 11. The zero-order valence-corrected chi connectivity index (χ0v) is 84.6. The van der Waals surface area contributed by atoms with E-state index in [1.807, 2.05) is 167 Å². The van der Waals surface area contributed by atoms with Crippen LogP contribution in [0, 0.1) is 90.6 Å². The molecule has 0 atom stereocenters. The van der Waals surface area contributed by atoms with Crippen LogP contribution in [0.4, 0.5) is 0 Å². The number of para-hydroxylation sites is 2. The van der Waals surface area contributed by atoms with Gasteiger partial charge in [0.2, 0.25) is 0 Å². The molecule has 15 rings (SSSR count). The number of allylic oxidation sites excluding steroid dienone is 8. The molecular formula is C106H104Ir5N5O8-5. The average molecular weight is 2540 g/mol. The van der Waals surface area contributed by atoms with Crippen LogP contribution in [0.15, 0.2) is 308 Å². The van der Waals surface area contributed by atoms with Crippen molar-refractivity contribution in [3.05, 3.63) is 378 Å². The first-order valence-electron chi connectivity index (χ1n) is 39.1. The predicted octanol–water partition coefficient (Wildman–Crippen LogP) is 26.1. The summed E-state index contributed by atoms with van der Waals surface area (Å²) >= 11 is 0. The van der Waals surface area contributed by atoms with Crippen LogP contribution in [0.1, 0.15) is 108 Å². The minimum atomic E-state index is -0.125. The van der Waals surface area contributed by atoms with Crippen molar-refractivity contribution in [1.82, 2.24) is 24.9 Å². The van der Waals surface area contributed by atoms with Gasteiger partial charge in [0, 0.05) is 143 Å². The second-order valence-electron chi connectivity index (χ2n) is 29.2. The van der Waals surface area contributed by atoms with Gasteiger partial charge in [0.05, 0.1) is 45.1 Å². The Morgan fingerprint density at radius 1 is 0.323 bits per heavy atom. The van der Waals surface area contributed by atoms with E-state index in [1.165, 1.54) is 126 Å². The molecule has 4 N–H and O–H groups in total. The van der Waals surface area contributed by atoms with E-state index in [4.69, 9.17) is 30.3 Å². The Labute approximate surface area is 798 Å². The van der Waals surface area contributed by atoms with Crippen molar-refractivity contribution in [2.75, 3.05) is 0 Å². The fourth-order valence-corrected chi connectivity index (χ4v) is 11.9. The molecule has 0 aliphatic carbocycles. The summed E-state index contributed by atoms with van der Waals surface area (Å²) in [5, 5.41) is 41.4. The van der Waals surface area contributed by atoms with Gasteiger partial charge in [-0.25, -0.2) is 0 Å². The summed E-state index contributed by atoms with van der Waals surface area (Å²) in [6.07, 6.45) is 6.66. The molecule has 13 nitrogen and oxygen atoms in total. The van der Waals surface area contributed by atoms with Crippen LogP contribution in [-0.4, -0.2) is 68.5 Å². The van der Waals surface area contributed by atoms with Crippen molar-refractivity contribution in [1.29, 1.82) is 0 Å². The van der Waals surface area contributed by atoms with Gasteiger partial charge in [0.15, 0.2) is 23.1 Å². The van der Waals surface area contributed by atoms with E-state index in [2.05, 4.69) is 210 Å². The van der Waals surface area contributed by atoms with Crippen LogP contribution in [0.25, 0.3) is 111 Å². The van der Waals surface area contributed by atoms with Gasteiger partial charge < -0.3 is 25.4 Å². The molecule has 5 aromatic heterocycles. The fourth-order valence-electron chi connectivity index (χ4n) is 11.9. The molecule has 0 bridgehead atoms. The van der Waals surface area contributed by atoms with Crippen LogP contribution < -0.4 is 0 Å². The standard InChI is InChI=1S/C18H16N.C17H14N.2C16H12N.C15H10N.C9H16O2.3C5H8O2.5Ir/c1-12-4-5-15-6-7-17(19-18(15)11-12)16-9-13(2)8-14(3)10-16;1-12-9-13(2)11-15(10-12)17-8-7-14-5-3-4-6-16(14)18-17;1-12-11-14-9-5-6-10-15(14)17-16(12)13-7-3-2-4-8-13;1-12-7-8-14-9-10-15(17-16(14)11-12)13-5-3-2-4-6-13;1-2-7-13(8-3-1)15-14-9-5-4-6-12(14)10-11-16-15;1-6(2)8(10)5-9(11)7(3)4;3*1-4(6)3-5(2)7;;;;;/h4-9,11H,1-3H3;3-10H,1-2H3;2-7,9-11H,1H3;2-5,7-11H,1H3;1-7,9-11H;5-7,10H,1-4H3;3*3,6H,1-2H3;;;;;/q5*-1;;;;;;;;;. The van der Waals surface area contributed by atoms with E-state index in [0.29, 0.717) is 0 Å². The number of aliphatic hydroxyl groups is 4. The molecule has 5 radical (unpaired) electrons. The number of hydrogen-bond acceptors (Lipinski definition) is 13. The number of nitrogens with zero attached hydrogens (tertiary/aromatic N) is 5. The van der Waals surface area contributed by atoms with E-state index in [-0.39, 0.29) is 159 Å². The number of benzene rings is 10. The number of carbonyl (C=O) groups excluding carboxylic acids is 4. The first kappa shape index (κ1) is 109. The minimum Gasteiger partial charge on any atom is -0.512 e.